The van der Waals surface area contributed by atoms with Crippen LogP contribution in [-0.4, -0.2) is 56.8 Å². The van der Waals surface area contributed by atoms with Gasteiger partial charge in [0.05, 0.1) is 13.2 Å². The van der Waals surface area contributed by atoms with E-state index in [0.717, 1.165) is 42.7 Å². The fourth-order valence-electron chi connectivity index (χ4n) is 3.49. The van der Waals surface area contributed by atoms with E-state index < -0.39 is 0 Å². The van der Waals surface area contributed by atoms with Crippen molar-refractivity contribution in [1.29, 1.82) is 0 Å². The highest BCUT2D eigenvalue weighted by Gasteiger charge is 2.21. The fraction of sp³-hybridized carbons (Fsp3) is 0.650. The fourth-order valence-corrected chi connectivity index (χ4v) is 3.49. The molecular formula is C20H32N4O2. The highest BCUT2D eigenvalue weighted by Crippen LogP contribution is 2.32. The van der Waals surface area contributed by atoms with Gasteiger partial charge in [-0.3, -0.25) is 4.99 Å². The number of fused-ring (bicyclic) bond motifs is 1. The number of ether oxygens (including phenoxy) is 2. The van der Waals surface area contributed by atoms with Crippen LogP contribution in [0.4, 0.5) is 5.69 Å². The minimum absolute atomic E-state index is 0.654. The Balaban J connectivity index is 1.60. The van der Waals surface area contributed by atoms with E-state index in [2.05, 4.69) is 29.4 Å². The number of nitrogens with one attached hydrogen (secondary N) is 2. The average Bonchev–Trinajstić information content (AvgIpc) is 2.95. The zero-order valence-corrected chi connectivity index (χ0v) is 16.1. The second-order valence-electron chi connectivity index (χ2n) is 7.01. The topological polar surface area (TPSA) is 58.1 Å². The van der Waals surface area contributed by atoms with Crippen LogP contribution in [0, 0.1) is 5.92 Å². The van der Waals surface area contributed by atoms with Crippen LogP contribution in [0.1, 0.15) is 33.1 Å². The standard InChI is InChI=1S/C20H32N4O2/c1-3-9-24-10-8-16(15-24)14-22-20(21-4-2)23-17-6-7-18-19(13-17)26-12-5-11-25-18/h6-7,13,16H,3-5,8-12,14-15H2,1-2H3,(H2,21,22,23). The van der Waals surface area contributed by atoms with Crippen molar-refractivity contribution in [2.75, 3.05) is 51.3 Å². The minimum atomic E-state index is 0.654. The molecule has 1 fully saturated rings. The molecule has 0 saturated carbocycles. The molecule has 1 saturated heterocycles. The summed E-state index contributed by atoms with van der Waals surface area (Å²) in [6.45, 7) is 11.0. The van der Waals surface area contributed by atoms with E-state index in [1.807, 2.05) is 18.2 Å². The number of benzene rings is 1. The number of guanidine groups is 1. The van der Waals surface area contributed by atoms with Gasteiger partial charge < -0.3 is 25.0 Å². The van der Waals surface area contributed by atoms with Crippen LogP contribution in [0.3, 0.4) is 0 Å². The van der Waals surface area contributed by atoms with Crippen LogP contribution in [0.25, 0.3) is 0 Å². The van der Waals surface area contributed by atoms with Crippen molar-refractivity contribution in [3.05, 3.63) is 18.2 Å². The zero-order chi connectivity index (χ0) is 18.2. The number of anilines is 1. The number of rotatable bonds is 6. The molecule has 1 aromatic carbocycles. The molecule has 0 amide bonds. The predicted octanol–water partition coefficient (Wildman–Crippen LogP) is 2.96. The average molecular weight is 361 g/mol. The normalized spacial score (nSPS) is 20.7. The van der Waals surface area contributed by atoms with Crippen molar-refractivity contribution in [2.45, 2.75) is 33.1 Å². The lowest BCUT2D eigenvalue weighted by Gasteiger charge is -2.15. The predicted molar refractivity (Wildman–Crippen MR) is 106 cm³/mol. The van der Waals surface area contributed by atoms with Gasteiger partial charge in [0.2, 0.25) is 0 Å². The quantitative estimate of drug-likeness (QED) is 0.603. The molecule has 1 aromatic rings. The van der Waals surface area contributed by atoms with E-state index >= 15 is 0 Å². The summed E-state index contributed by atoms with van der Waals surface area (Å²) in [4.78, 5) is 7.36. The van der Waals surface area contributed by atoms with Crippen LogP contribution in [-0.2, 0) is 0 Å². The Morgan fingerprint density at radius 3 is 2.88 bits per heavy atom. The van der Waals surface area contributed by atoms with Gasteiger partial charge >= 0.3 is 0 Å². The van der Waals surface area contributed by atoms with Crippen LogP contribution in [0.2, 0.25) is 0 Å². The molecule has 0 aromatic heterocycles. The summed E-state index contributed by atoms with van der Waals surface area (Å²) in [6.07, 6.45) is 3.38. The van der Waals surface area contributed by atoms with Crippen LogP contribution >= 0.6 is 0 Å². The first kappa shape index (κ1) is 18.8. The third kappa shape index (κ3) is 5.27. The highest BCUT2D eigenvalue weighted by atomic mass is 16.5. The number of nitrogens with zero attached hydrogens (tertiary/aromatic N) is 2. The van der Waals surface area contributed by atoms with E-state index in [4.69, 9.17) is 14.5 Å². The first-order valence-electron chi connectivity index (χ1n) is 9.95. The van der Waals surface area contributed by atoms with Crippen LogP contribution < -0.4 is 20.1 Å². The van der Waals surface area contributed by atoms with Crippen molar-refractivity contribution < 1.29 is 9.47 Å². The molecule has 0 bridgehead atoms. The first-order valence-corrected chi connectivity index (χ1v) is 9.95. The molecule has 0 spiro atoms. The lowest BCUT2D eigenvalue weighted by molar-refractivity contribution is 0.297. The Kier molecular flexibility index (Phi) is 7.00. The maximum absolute atomic E-state index is 5.78. The maximum Gasteiger partial charge on any atom is 0.195 e. The lowest BCUT2D eigenvalue weighted by Crippen LogP contribution is -2.31. The second-order valence-corrected chi connectivity index (χ2v) is 7.01. The van der Waals surface area contributed by atoms with Gasteiger partial charge in [-0.05, 0) is 50.9 Å². The van der Waals surface area contributed by atoms with Crippen molar-refractivity contribution in [3.63, 3.8) is 0 Å². The molecule has 1 unspecified atom stereocenters. The summed E-state index contributed by atoms with van der Waals surface area (Å²) in [5, 5.41) is 6.74. The van der Waals surface area contributed by atoms with Gasteiger partial charge in [0.15, 0.2) is 17.5 Å². The first-order chi connectivity index (χ1) is 12.8. The van der Waals surface area contributed by atoms with Gasteiger partial charge in [-0.25, -0.2) is 0 Å². The third-order valence-corrected chi connectivity index (χ3v) is 4.77. The summed E-state index contributed by atoms with van der Waals surface area (Å²) in [6, 6.07) is 5.97. The molecule has 3 rings (SSSR count). The summed E-state index contributed by atoms with van der Waals surface area (Å²) in [5.41, 5.74) is 0.966. The van der Waals surface area contributed by atoms with Gasteiger partial charge in [-0.15, -0.1) is 0 Å². The van der Waals surface area contributed by atoms with Crippen LogP contribution in [0.15, 0.2) is 23.2 Å². The third-order valence-electron chi connectivity index (χ3n) is 4.77. The largest absolute Gasteiger partial charge is 0.490 e. The van der Waals surface area contributed by atoms with E-state index in [-0.39, 0.29) is 0 Å². The molecule has 6 heteroatoms. The molecule has 2 aliphatic rings. The molecule has 144 valence electrons. The molecule has 26 heavy (non-hydrogen) atoms. The van der Waals surface area contributed by atoms with E-state index in [0.29, 0.717) is 19.1 Å². The summed E-state index contributed by atoms with van der Waals surface area (Å²) < 4.78 is 11.5. The highest BCUT2D eigenvalue weighted by molar-refractivity contribution is 5.93. The maximum atomic E-state index is 5.78. The molecule has 2 heterocycles. The minimum Gasteiger partial charge on any atom is -0.490 e. The lowest BCUT2D eigenvalue weighted by atomic mass is 10.1. The van der Waals surface area contributed by atoms with E-state index in [9.17, 15) is 0 Å². The monoisotopic (exact) mass is 360 g/mol. The van der Waals surface area contributed by atoms with Gasteiger partial charge in [-0.2, -0.15) is 0 Å². The molecule has 0 aliphatic carbocycles. The molecule has 2 N–H and O–H groups in total. The van der Waals surface area contributed by atoms with Crippen molar-refractivity contribution >= 4 is 11.6 Å². The number of likely N-dealkylation sites (tertiary alicyclic amines) is 1. The van der Waals surface area contributed by atoms with Gasteiger partial charge in [0.1, 0.15) is 0 Å². The Bertz CT molecular complexity index is 605. The van der Waals surface area contributed by atoms with Gasteiger partial charge in [-0.1, -0.05) is 6.92 Å². The number of aliphatic imine (C=N–C) groups is 1. The Morgan fingerprint density at radius 1 is 1.23 bits per heavy atom. The SMILES string of the molecule is CCCN1CCC(CN=C(NCC)Nc2ccc3c(c2)OCCCO3)C1. The number of hydrogen-bond acceptors (Lipinski definition) is 4. The zero-order valence-electron chi connectivity index (χ0n) is 16.1. The van der Waals surface area contributed by atoms with Crippen molar-refractivity contribution in [3.8, 4) is 11.5 Å². The van der Waals surface area contributed by atoms with Gasteiger partial charge in [0, 0.05) is 37.8 Å². The smallest absolute Gasteiger partial charge is 0.195 e. The van der Waals surface area contributed by atoms with Crippen molar-refractivity contribution in [2.24, 2.45) is 10.9 Å². The second kappa shape index (κ2) is 9.67. The Labute approximate surface area is 157 Å². The van der Waals surface area contributed by atoms with Gasteiger partial charge in [0.25, 0.3) is 0 Å². The molecule has 1 atom stereocenters. The molecule has 6 nitrogen and oxygen atoms in total. The molecule has 0 radical (unpaired) electrons. The Hall–Kier alpha value is -1.95. The summed E-state index contributed by atoms with van der Waals surface area (Å²) >= 11 is 0. The van der Waals surface area contributed by atoms with Crippen molar-refractivity contribution in [1.82, 2.24) is 10.2 Å². The van der Waals surface area contributed by atoms with E-state index in [1.54, 1.807) is 0 Å². The summed E-state index contributed by atoms with van der Waals surface area (Å²) in [5.74, 6) is 3.10. The Morgan fingerprint density at radius 2 is 2.08 bits per heavy atom. The summed E-state index contributed by atoms with van der Waals surface area (Å²) in [7, 11) is 0. The number of hydrogen-bond donors (Lipinski definition) is 2. The molecule has 2 aliphatic heterocycles. The molecular weight excluding hydrogens is 328 g/mol. The van der Waals surface area contributed by atoms with Crippen LogP contribution in [0.5, 0.6) is 11.5 Å². The van der Waals surface area contributed by atoms with E-state index in [1.165, 1.54) is 32.5 Å².